The Morgan fingerprint density at radius 2 is 1.93 bits per heavy atom. The van der Waals surface area contributed by atoms with Crippen molar-refractivity contribution in [3.05, 3.63) is 0 Å². The van der Waals surface area contributed by atoms with Crippen LogP contribution in [-0.2, 0) is 0 Å². The van der Waals surface area contributed by atoms with Crippen LogP contribution in [0, 0.1) is 11.3 Å². The summed E-state index contributed by atoms with van der Waals surface area (Å²) in [5.41, 5.74) is 6.21. The topological polar surface area (TPSA) is 50.4 Å². The van der Waals surface area contributed by atoms with Gasteiger partial charge in [-0.1, -0.05) is 13.8 Å². The second-order valence-corrected chi connectivity index (χ2v) is 5.02. The van der Waals surface area contributed by atoms with Crippen molar-refractivity contribution in [2.75, 3.05) is 6.54 Å². The summed E-state index contributed by atoms with van der Waals surface area (Å²) in [5.74, 6) is 1.31. The van der Waals surface area contributed by atoms with Gasteiger partial charge in [0.1, 0.15) is 0 Å². The van der Waals surface area contributed by atoms with E-state index in [-0.39, 0.29) is 0 Å². The fraction of sp³-hybridized carbons (Fsp3) is 0.909. The first-order valence-electron chi connectivity index (χ1n) is 5.53. The van der Waals surface area contributed by atoms with Crippen LogP contribution < -0.4 is 11.1 Å². The van der Waals surface area contributed by atoms with Crippen LogP contribution in [0.15, 0.2) is 4.99 Å². The highest BCUT2D eigenvalue weighted by Gasteiger charge is 2.44. The van der Waals surface area contributed by atoms with Gasteiger partial charge in [-0.15, -0.1) is 0 Å². The Kier molecular flexibility index (Phi) is 3.40. The summed E-state index contributed by atoms with van der Waals surface area (Å²) >= 11 is 0. The maximum atomic E-state index is 5.75. The first-order valence-corrected chi connectivity index (χ1v) is 5.53. The van der Waals surface area contributed by atoms with Gasteiger partial charge >= 0.3 is 0 Å². The fourth-order valence-corrected chi connectivity index (χ4v) is 1.66. The molecule has 0 aromatic rings. The Labute approximate surface area is 87.2 Å². The summed E-state index contributed by atoms with van der Waals surface area (Å²) in [5, 5.41) is 3.11. The molecular formula is C11H23N3. The molecule has 1 rings (SSSR count). The lowest BCUT2D eigenvalue weighted by atomic mass is 9.93. The van der Waals surface area contributed by atoms with Crippen LogP contribution in [0.3, 0.4) is 0 Å². The minimum absolute atomic E-state index is 0.368. The molecule has 0 aromatic heterocycles. The van der Waals surface area contributed by atoms with Crippen LogP contribution in [0.25, 0.3) is 0 Å². The third-order valence-corrected chi connectivity index (χ3v) is 3.12. The van der Waals surface area contributed by atoms with Crippen LogP contribution in [0.5, 0.6) is 0 Å². The lowest BCUT2D eigenvalue weighted by Crippen LogP contribution is -2.37. The summed E-state index contributed by atoms with van der Waals surface area (Å²) in [6.07, 6.45) is 2.62. The van der Waals surface area contributed by atoms with Gasteiger partial charge in [0.05, 0.1) is 0 Å². The molecule has 1 aliphatic carbocycles. The molecule has 0 amide bonds. The molecular weight excluding hydrogens is 174 g/mol. The highest BCUT2D eigenvalue weighted by molar-refractivity contribution is 5.78. The zero-order valence-electron chi connectivity index (χ0n) is 9.80. The molecule has 0 radical (unpaired) electrons. The van der Waals surface area contributed by atoms with E-state index in [0.29, 0.717) is 17.4 Å². The van der Waals surface area contributed by atoms with Gasteiger partial charge in [-0.25, -0.2) is 0 Å². The number of aliphatic imine (C=N–C) groups is 1. The molecule has 0 unspecified atom stereocenters. The van der Waals surface area contributed by atoms with Crippen LogP contribution in [0.1, 0.15) is 40.5 Å². The predicted octanol–water partition coefficient (Wildman–Crippen LogP) is 1.74. The van der Waals surface area contributed by atoms with E-state index in [1.165, 1.54) is 12.8 Å². The van der Waals surface area contributed by atoms with E-state index in [0.717, 1.165) is 12.5 Å². The largest absolute Gasteiger partial charge is 0.370 e. The van der Waals surface area contributed by atoms with Crippen molar-refractivity contribution < 1.29 is 0 Å². The molecule has 0 aliphatic heterocycles. The van der Waals surface area contributed by atoms with Crippen LogP contribution in [0.4, 0.5) is 0 Å². The first kappa shape index (κ1) is 11.3. The molecule has 3 nitrogen and oxygen atoms in total. The Balaban J connectivity index is 2.38. The van der Waals surface area contributed by atoms with E-state index < -0.39 is 0 Å². The quantitative estimate of drug-likeness (QED) is 0.533. The lowest BCUT2D eigenvalue weighted by molar-refractivity contribution is 0.370. The predicted molar refractivity (Wildman–Crippen MR) is 61.3 cm³/mol. The molecule has 14 heavy (non-hydrogen) atoms. The van der Waals surface area contributed by atoms with Gasteiger partial charge in [-0.3, -0.25) is 4.99 Å². The molecule has 0 aromatic carbocycles. The zero-order chi connectivity index (χ0) is 10.8. The standard InChI is InChI=1S/C11H23N3/c1-8(2)11(5-6-11)7-13-10(12)14-9(3)4/h8-9H,5-7H2,1-4H3,(H3,12,13,14). The van der Waals surface area contributed by atoms with E-state index in [1.54, 1.807) is 0 Å². The minimum Gasteiger partial charge on any atom is -0.370 e. The van der Waals surface area contributed by atoms with E-state index in [9.17, 15) is 0 Å². The van der Waals surface area contributed by atoms with Crippen molar-refractivity contribution in [3.63, 3.8) is 0 Å². The highest BCUT2D eigenvalue weighted by atomic mass is 15.1. The Morgan fingerprint density at radius 3 is 2.29 bits per heavy atom. The summed E-state index contributed by atoms with van der Waals surface area (Å²) in [4.78, 5) is 4.40. The number of nitrogens with one attached hydrogen (secondary N) is 1. The second-order valence-electron chi connectivity index (χ2n) is 5.02. The molecule has 1 aliphatic rings. The summed E-state index contributed by atoms with van der Waals surface area (Å²) in [6.45, 7) is 9.56. The third kappa shape index (κ3) is 2.89. The van der Waals surface area contributed by atoms with Crippen molar-refractivity contribution >= 4 is 5.96 Å². The van der Waals surface area contributed by atoms with Crippen LogP contribution in [-0.4, -0.2) is 18.5 Å². The molecule has 82 valence electrons. The molecule has 0 spiro atoms. The van der Waals surface area contributed by atoms with Crippen molar-refractivity contribution in [2.24, 2.45) is 22.1 Å². The highest BCUT2D eigenvalue weighted by Crippen LogP contribution is 2.51. The van der Waals surface area contributed by atoms with Gasteiger partial charge in [0, 0.05) is 12.6 Å². The molecule has 3 heteroatoms. The zero-order valence-corrected chi connectivity index (χ0v) is 9.80. The van der Waals surface area contributed by atoms with E-state index in [2.05, 4.69) is 38.0 Å². The summed E-state index contributed by atoms with van der Waals surface area (Å²) in [6, 6.07) is 0.368. The van der Waals surface area contributed by atoms with E-state index >= 15 is 0 Å². The van der Waals surface area contributed by atoms with Gasteiger partial charge in [0.2, 0.25) is 0 Å². The van der Waals surface area contributed by atoms with Crippen molar-refractivity contribution in [3.8, 4) is 0 Å². The number of hydrogen-bond donors (Lipinski definition) is 2. The SMILES string of the molecule is CC(C)NC(N)=NCC1(C(C)C)CC1. The number of guanidine groups is 1. The normalized spacial score (nSPS) is 20.3. The van der Waals surface area contributed by atoms with Crippen molar-refractivity contribution in [1.29, 1.82) is 0 Å². The molecule has 0 heterocycles. The smallest absolute Gasteiger partial charge is 0.188 e. The van der Waals surface area contributed by atoms with Gasteiger partial charge in [-0.05, 0) is 38.0 Å². The van der Waals surface area contributed by atoms with Crippen molar-refractivity contribution in [2.45, 2.75) is 46.6 Å². The monoisotopic (exact) mass is 197 g/mol. The molecule has 0 atom stereocenters. The summed E-state index contributed by atoms with van der Waals surface area (Å²) in [7, 11) is 0. The second kappa shape index (κ2) is 4.20. The summed E-state index contributed by atoms with van der Waals surface area (Å²) < 4.78 is 0. The van der Waals surface area contributed by atoms with Gasteiger partial charge in [0.25, 0.3) is 0 Å². The fourth-order valence-electron chi connectivity index (χ4n) is 1.66. The van der Waals surface area contributed by atoms with Crippen LogP contribution in [0.2, 0.25) is 0 Å². The third-order valence-electron chi connectivity index (χ3n) is 3.12. The Hall–Kier alpha value is -0.730. The minimum atomic E-state index is 0.368. The Morgan fingerprint density at radius 1 is 1.36 bits per heavy atom. The maximum absolute atomic E-state index is 5.75. The molecule has 3 N–H and O–H groups in total. The van der Waals surface area contributed by atoms with Gasteiger partial charge in [-0.2, -0.15) is 0 Å². The molecule has 1 saturated carbocycles. The number of nitrogens with zero attached hydrogens (tertiary/aromatic N) is 1. The maximum Gasteiger partial charge on any atom is 0.188 e. The lowest BCUT2D eigenvalue weighted by Gasteiger charge is -2.17. The van der Waals surface area contributed by atoms with Crippen molar-refractivity contribution in [1.82, 2.24) is 5.32 Å². The molecule has 1 fully saturated rings. The number of rotatable bonds is 4. The van der Waals surface area contributed by atoms with Crippen LogP contribution >= 0.6 is 0 Å². The van der Waals surface area contributed by atoms with Gasteiger partial charge in [0.15, 0.2) is 5.96 Å². The number of nitrogens with two attached hydrogens (primary N) is 1. The Bertz CT molecular complexity index is 215. The molecule has 0 saturated heterocycles. The van der Waals surface area contributed by atoms with E-state index in [4.69, 9.17) is 5.73 Å². The van der Waals surface area contributed by atoms with Gasteiger partial charge < -0.3 is 11.1 Å². The molecule has 0 bridgehead atoms. The average Bonchev–Trinajstić information content (AvgIpc) is 2.79. The van der Waals surface area contributed by atoms with E-state index in [1.807, 2.05) is 0 Å². The number of hydrogen-bond acceptors (Lipinski definition) is 1. The average molecular weight is 197 g/mol. The first-order chi connectivity index (χ1) is 6.46.